The molecule has 0 fully saturated rings. The topological polar surface area (TPSA) is 43.4 Å². The molecule has 112 valence electrons. The van der Waals surface area contributed by atoms with Crippen molar-refractivity contribution in [3.63, 3.8) is 0 Å². The third kappa shape index (κ3) is 5.83. The van der Waals surface area contributed by atoms with E-state index in [-0.39, 0.29) is 0 Å². The molecule has 0 aliphatic heterocycles. The SMILES string of the molecule is CC(C)NCc1ccc(OCCOc2cccnc2)cc1. The van der Waals surface area contributed by atoms with Gasteiger partial charge in [0.05, 0.1) is 6.20 Å². The van der Waals surface area contributed by atoms with E-state index in [4.69, 9.17) is 9.47 Å². The number of hydrogen-bond acceptors (Lipinski definition) is 4. The molecule has 0 aliphatic rings. The Hall–Kier alpha value is -2.07. The number of nitrogens with zero attached hydrogens (tertiary/aromatic N) is 1. The lowest BCUT2D eigenvalue weighted by atomic mass is 10.2. The van der Waals surface area contributed by atoms with Crippen LogP contribution in [0.4, 0.5) is 0 Å². The molecule has 0 aliphatic carbocycles. The van der Waals surface area contributed by atoms with Crippen molar-refractivity contribution in [3.05, 3.63) is 54.4 Å². The van der Waals surface area contributed by atoms with Crippen molar-refractivity contribution >= 4 is 0 Å². The molecule has 2 aromatic rings. The third-order valence-electron chi connectivity index (χ3n) is 2.89. The van der Waals surface area contributed by atoms with Gasteiger partial charge in [-0.2, -0.15) is 0 Å². The van der Waals surface area contributed by atoms with Crippen LogP contribution in [-0.4, -0.2) is 24.2 Å². The van der Waals surface area contributed by atoms with Crippen molar-refractivity contribution in [1.29, 1.82) is 0 Å². The van der Waals surface area contributed by atoms with Gasteiger partial charge in [-0.05, 0) is 29.8 Å². The maximum atomic E-state index is 5.64. The Balaban J connectivity index is 1.69. The summed E-state index contributed by atoms with van der Waals surface area (Å²) in [5, 5.41) is 3.38. The van der Waals surface area contributed by atoms with E-state index in [9.17, 15) is 0 Å². The van der Waals surface area contributed by atoms with Crippen LogP contribution in [0.25, 0.3) is 0 Å². The van der Waals surface area contributed by atoms with Gasteiger partial charge in [-0.1, -0.05) is 26.0 Å². The fourth-order valence-corrected chi connectivity index (χ4v) is 1.78. The largest absolute Gasteiger partial charge is 0.490 e. The van der Waals surface area contributed by atoms with Gasteiger partial charge < -0.3 is 14.8 Å². The predicted molar refractivity (Wildman–Crippen MR) is 83.6 cm³/mol. The van der Waals surface area contributed by atoms with Crippen LogP contribution in [-0.2, 0) is 6.54 Å². The van der Waals surface area contributed by atoms with Crippen molar-refractivity contribution in [3.8, 4) is 11.5 Å². The van der Waals surface area contributed by atoms with Crippen LogP contribution < -0.4 is 14.8 Å². The minimum atomic E-state index is 0.491. The Morgan fingerprint density at radius 2 is 1.71 bits per heavy atom. The van der Waals surface area contributed by atoms with E-state index in [1.54, 1.807) is 12.4 Å². The van der Waals surface area contributed by atoms with Crippen LogP contribution in [0, 0.1) is 0 Å². The Morgan fingerprint density at radius 3 is 2.33 bits per heavy atom. The Labute approximate surface area is 126 Å². The van der Waals surface area contributed by atoms with Crippen LogP contribution in [0.2, 0.25) is 0 Å². The zero-order valence-corrected chi connectivity index (χ0v) is 12.6. The van der Waals surface area contributed by atoms with Gasteiger partial charge in [0.25, 0.3) is 0 Å². The lowest BCUT2D eigenvalue weighted by molar-refractivity contribution is 0.216. The summed E-state index contributed by atoms with van der Waals surface area (Å²) in [5.41, 5.74) is 1.25. The summed E-state index contributed by atoms with van der Waals surface area (Å²) in [7, 11) is 0. The predicted octanol–water partition coefficient (Wildman–Crippen LogP) is 3.04. The zero-order valence-electron chi connectivity index (χ0n) is 12.6. The molecule has 1 aromatic carbocycles. The summed E-state index contributed by atoms with van der Waals surface area (Å²) >= 11 is 0. The van der Waals surface area contributed by atoms with Gasteiger partial charge in [0.1, 0.15) is 24.7 Å². The summed E-state index contributed by atoms with van der Waals surface area (Å²) in [5.74, 6) is 1.62. The molecule has 0 spiro atoms. The first-order valence-corrected chi connectivity index (χ1v) is 7.22. The molecule has 4 heteroatoms. The second-order valence-corrected chi connectivity index (χ2v) is 5.07. The molecule has 0 atom stereocenters. The molecule has 0 saturated heterocycles. The van der Waals surface area contributed by atoms with E-state index in [1.165, 1.54) is 5.56 Å². The monoisotopic (exact) mass is 286 g/mol. The van der Waals surface area contributed by atoms with Gasteiger partial charge in [-0.15, -0.1) is 0 Å². The van der Waals surface area contributed by atoms with Crippen molar-refractivity contribution in [2.24, 2.45) is 0 Å². The second-order valence-electron chi connectivity index (χ2n) is 5.07. The lowest BCUT2D eigenvalue weighted by Crippen LogP contribution is -2.21. The number of aromatic nitrogens is 1. The van der Waals surface area contributed by atoms with E-state index >= 15 is 0 Å². The standard InChI is InChI=1S/C17H22N2O2/c1-14(2)19-12-15-5-7-16(8-6-15)20-10-11-21-17-4-3-9-18-13-17/h3-9,13-14,19H,10-12H2,1-2H3. The maximum absolute atomic E-state index is 5.64. The van der Waals surface area contributed by atoms with Gasteiger partial charge in [-0.25, -0.2) is 0 Å². The minimum Gasteiger partial charge on any atom is -0.490 e. The van der Waals surface area contributed by atoms with Crippen LogP contribution in [0.3, 0.4) is 0 Å². The number of pyridine rings is 1. The fraction of sp³-hybridized carbons (Fsp3) is 0.353. The number of ether oxygens (including phenoxy) is 2. The first-order chi connectivity index (χ1) is 10.2. The smallest absolute Gasteiger partial charge is 0.137 e. The summed E-state index contributed by atoms with van der Waals surface area (Å²) < 4.78 is 11.2. The quantitative estimate of drug-likeness (QED) is 0.758. The number of nitrogens with one attached hydrogen (secondary N) is 1. The Kier molecular flexibility index (Phi) is 6.03. The van der Waals surface area contributed by atoms with Crippen molar-refractivity contribution < 1.29 is 9.47 Å². The first kappa shape index (κ1) is 15.3. The number of hydrogen-bond donors (Lipinski definition) is 1. The van der Waals surface area contributed by atoms with Crippen molar-refractivity contribution in [2.75, 3.05) is 13.2 Å². The molecule has 1 aromatic heterocycles. The second kappa shape index (κ2) is 8.27. The molecule has 2 rings (SSSR count). The third-order valence-corrected chi connectivity index (χ3v) is 2.89. The lowest BCUT2D eigenvalue weighted by Gasteiger charge is -2.10. The van der Waals surface area contributed by atoms with E-state index in [0.29, 0.717) is 19.3 Å². The van der Waals surface area contributed by atoms with Gasteiger partial charge >= 0.3 is 0 Å². The van der Waals surface area contributed by atoms with Crippen molar-refractivity contribution in [2.45, 2.75) is 26.4 Å². The number of rotatable bonds is 8. The van der Waals surface area contributed by atoms with Crippen LogP contribution in [0.15, 0.2) is 48.8 Å². The first-order valence-electron chi connectivity index (χ1n) is 7.22. The summed E-state index contributed by atoms with van der Waals surface area (Å²) in [6.45, 7) is 6.17. The average Bonchev–Trinajstić information content (AvgIpc) is 2.52. The number of benzene rings is 1. The molecule has 0 saturated carbocycles. The van der Waals surface area contributed by atoms with E-state index in [1.807, 2.05) is 24.3 Å². The molecule has 0 bridgehead atoms. The van der Waals surface area contributed by atoms with Gasteiger partial charge in [0.2, 0.25) is 0 Å². The maximum Gasteiger partial charge on any atom is 0.137 e. The highest BCUT2D eigenvalue weighted by atomic mass is 16.5. The van der Waals surface area contributed by atoms with Crippen LogP contribution in [0.1, 0.15) is 19.4 Å². The molecule has 1 N–H and O–H groups in total. The van der Waals surface area contributed by atoms with E-state index < -0.39 is 0 Å². The normalized spacial score (nSPS) is 10.6. The minimum absolute atomic E-state index is 0.491. The van der Waals surface area contributed by atoms with E-state index in [0.717, 1.165) is 18.0 Å². The van der Waals surface area contributed by atoms with Gasteiger partial charge in [0.15, 0.2) is 0 Å². The van der Waals surface area contributed by atoms with Crippen LogP contribution in [0.5, 0.6) is 11.5 Å². The van der Waals surface area contributed by atoms with Crippen molar-refractivity contribution in [1.82, 2.24) is 10.3 Å². The summed E-state index contributed by atoms with van der Waals surface area (Å²) in [6, 6.07) is 12.3. The van der Waals surface area contributed by atoms with Crippen LogP contribution >= 0.6 is 0 Å². The highest BCUT2D eigenvalue weighted by Gasteiger charge is 1.98. The molecule has 0 unspecified atom stereocenters. The summed E-state index contributed by atoms with van der Waals surface area (Å²) in [6.07, 6.45) is 3.41. The summed E-state index contributed by atoms with van der Waals surface area (Å²) in [4.78, 5) is 3.99. The van der Waals surface area contributed by atoms with Gasteiger partial charge in [-0.3, -0.25) is 4.98 Å². The zero-order chi connectivity index (χ0) is 14.9. The average molecular weight is 286 g/mol. The molecule has 1 heterocycles. The van der Waals surface area contributed by atoms with E-state index in [2.05, 4.69) is 36.3 Å². The molecular weight excluding hydrogens is 264 g/mol. The molecule has 0 radical (unpaired) electrons. The highest BCUT2D eigenvalue weighted by molar-refractivity contribution is 5.27. The molecule has 4 nitrogen and oxygen atoms in total. The molecular formula is C17H22N2O2. The van der Waals surface area contributed by atoms with Gasteiger partial charge in [0, 0.05) is 18.8 Å². The molecule has 21 heavy (non-hydrogen) atoms. The Bertz CT molecular complexity index is 512. The molecule has 0 amide bonds. The Morgan fingerprint density at radius 1 is 1.00 bits per heavy atom. The fourth-order valence-electron chi connectivity index (χ4n) is 1.78. The highest BCUT2D eigenvalue weighted by Crippen LogP contribution is 2.12.